The van der Waals surface area contributed by atoms with Crippen molar-refractivity contribution in [2.75, 3.05) is 7.11 Å². The fraction of sp³-hybridized carbons (Fsp3) is 0.200. The zero-order valence-corrected chi connectivity index (χ0v) is 13.7. The first-order chi connectivity index (χ1) is 11.2. The van der Waals surface area contributed by atoms with E-state index in [1.165, 1.54) is 11.3 Å². The molecule has 23 heavy (non-hydrogen) atoms. The van der Waals surface area contributed by atoms with Gasteiger partial charge in [0.1, 0.15) is 5.75 Å². The highest BCUT2D eigenvalue weighted by Gasteiger charge is 2.16. The molecule has 0 aliphatic rings. The average molecular weight is 326 g/mol. The van der Waals surface area contributed by atoms with Gasteiger partial charge in [-0.15, -0.1) is 10.2 Å². The third-order valence-electron chi connectivity index (χ3n) is 3.56. The Balaban J connectivity index is 1.81. The fourth-order valence-electron chi connectivity index (χ4n) is 2.45. The highest BCUT2D eigenvalue weighted by molar-refractivity contribution is 7.19. The van der Waals surface area contributed by atoms with E-state index in [9.17, 15) is 0 Å². The first-order valence-electron chi connectivity index (χ1n) is 7.03. The van der Waals surface area contributed by atoms with Crippen molar-refractivity contribution in [1.29, 1.82) is 0 Å². The van der Waals surface area contributed by atoms with Crippen LogP contribution in [0.4, 0.5) is 0 Å². The number of nitrogens with zero attached hydrogens (tertiary/aromatic N) is 6. The predicted octanol–water partition coefficient (Wildman–Crippen LogP) is 2.57. The molecule has 0 radical (unpaired) electrons. The highest BCUT2D eigenvalue weighted by atomic mass is 32.1. The number of fused-ring (bicyclic) bond motifs is 1. The molecule has 116 valence electrons. The Morgan fingerprint density at radius 3 is 2.52 bits per heavy atom. The highest BCUT2D eigenvalue weighted by Crippen LogP contribution is 2.28. The molecular weight excluding hydrogens is 312 g/mol. The minimum atomic E-state index is 0.712. The van der Waals surface area contributed by atoms with Crippen molar-refractivity contribution in [2.24, 2.45) is 7.05 Å². The number of aromatic nitrogens is 6. The minimum Gasteiger partial charge on any atom is -0.497 e. The van der Waals surface area contributed by atoms with Crippen LogP contribution in [0.1, 0.15) is 5.69 Å². The Morgan fingerprint density at radius 2 is 1.87 bits per heavy atom. The number of benzene rings is 1. The zero-order valence-electron chi connectivity index (χ0n) is 12.9. The van der Waals surface area contributed by atoms with Gasteiger partial charge in [-0.1, -0.05) is 11.3 Å². The van der Waals surface area contributed by atoms with E-state index < -0.39 is 0 Å². The second-order valence-electron chi connectivity index (χ2n) is 5.15. The molecular formula is C15H14N6OS. The maximum absolute atomic E-state index is 5.19. The number of aryl methyl sites for hydroxylation is 2. The van der Waals surface area contributed by atoms with Crippen LogP contribution in [0, 0.1) is 6.92 Å². The molecule has 0 N–H and O–H groups in total. The number of hydrogen-bond donors (Lipinski definition) is 0. The molecule has 0 saturated carbocycles. The summed E-state index contributed by atoms with van der Waals surface area (Å²) in [5, 5.41) is 18.4. The summed E-state index contributed by atoms with van der Waals surface area (Å²) in [5.41, 5.74) is 2.87. The number of hydrogen-bond acceptors (Lipinski definition) is 6. The maximum atomic E-state index is 5.19. The van der Waals surface area contributed by atoms with Crippen LogP contribution in [0.5, 0.6) is 5.75 Å². The van der Waals surface area contributed by atoms with Gasteiger partial charge in [-0.3, -0.25) is 4.68 Å². The van der Waals surface area contributed by atoms with E-state index in [1.807, 2.05) is 49.0 Å². The zero-order chi connectivity index (χ0) is 16.0. The van der Waals surface area contributed by atoms with E-state index in [2.05, 4.69) is 20.4 Å². The van der Waals surface area contributed by atoms with Crippen molar-refractivity contribution in [2.45, 2.75) is 6.92 Å². The van der Waals surface area contributed by atoms with Crippen LogP contribution in [0.15, 0.2) is 30.3 Å². The van der Waals surface area contributed by atoms with Gasteiger partial charge in [0.2, 0.25) is 4.96 Å². The van der Waals surface area contributed by atoms with Crippen LogP contribution >= 0.6 is 11.3 Å². The molecule has 0 amide bonds. The van der Waals surface area contributed by atoms with Gasteiger partial charge in [0.05, 0.1) is 18.5 Å². The first-order valence-corrected chi connectivity index (χ1v) is 7.85. The third-order valence-corrected chi connectivity index (χ3v) is 4.48. The van der Waals surface area contributed by atoms with Crippen LogP contribution in [0.3, 0.4) is 0 Å². The van der Waals surface area contributed by atoms with Crippen LogP contribution < -0.4 is 4.74 Å². The monoisotopic (exact) mass is 326 g/mol. The summed E-state index contributed by atoms with van der Waals surface area (Å²) < 4.78 is 8.78. The van der Waals surface area contributed by atoms with Crippen molar-refractivity contribution < 1.29 is 4.74 Å². The Kier molecular flexibility index (Phi) is 3.12. The molecule has 0 saturated heterocycles. The summed E-state index contributed by atoms with van der Waals surface area (Å²) in [5.74, 6) is 1.52. The van der Waals surface area contributed by atoms with Crippen molar-refractivity contribution in [3.8, 4) is 27.8 Å². The summed E-state index contributed by atoms with van der Waals surface area (Å²) in [7, 11) is 3.56. The molecule has 1 aromatic carbocycles. The molecule has 0 atom stereocenters. The van der Waals surface area contributed by atoms with Gasteiger partial charge in [0.15, 0.2) is 10.8 Å². The standard InChI is InChI=1S/C15H14N6OS/c1-9-8-12(20(2)18-9)14-19-21-13(16-17-15(21)23-14)10-4-6-11(22-3)7-5-10/h4-8H,1-3H3. The van der Waals surface area contributed by atoms with Crippen molar-refractivity contribution in [3.63, 3.8) is 0 Å². The third kappa shape index (κ3) is 2.27. The lowest BCUT2D eigenvalue weighted by atomic mass is 10.2. The lowest BCUT2D eigenvalue weighted by Gasteiger charge is -2.00. The molecule has 0 spiro atoms. The molecule has 3 heterocycles. The van der Waals surface area contributed by atoms with Gasteiger partial charge >= 0.3 is 0 Å². The van der Waals surface area contributed by atoms with E-state index >= 15 is 0 Å². The number of rotatable bonds is 3. The van der Waals surface area contributed by atoms with Gasteiger partial charge in [0, 0.05) is 12.6 Å². The van der Waals surface area contributed by atoms with E-state index in [-0.39, 0.29) is 0 Å². The lowest BCUT2D eigenvalue weighted by Crippen LogP contribution is -1.95. The SMILES string of the molecule is COc1ccc(-c2nnc3sc(-c4cc(C)nn4C)nn23)cc1. The molecule has 7 nitrogen and oxygen atoms in total. The van der Waals surface area contributed by atoms with Crippen molar-refractivity contribution in [3.05, 3.63) is 36.0 Å². The average Bonchev–Trinajstić information content (AvgIpc) is 3.21. The van der Waals surface area contributed by atoms with Crippen LogP contribution in [-0.2, 0) is 7.05 Å². The van der Waals surface area contributed by atoms with Crippen LogP contribution in [0.25, 0.3) is 27.1 Å². The first kappa shape index (κ1) is 13.9. The molecule has 3 aromatic heterocycles. The molecule has 0 unspecified atom stereocenters. The topological polar surface area (TPSA) is 70.1 Å². The molecule has 0 bridgehead atoms. The van der Waals surface area contributed by atoms with Crippen LogP contribution in [-0.4, -0.2) is 36.7 Å². The largest absolute Gasteiger partial charge is 0.497 e. The lowest BCUT2D eigenvalue weighted by molar-refractivity contribution is 0.415. The smallest absolute Gasteiger partial charge is 0.235 e. The van der Waals surface area contributed by atoms with Crippen molar-refractivity contribution in [1.82, 2.24) is 29.6 Å². The molecule has 4 rings (SSSR count). The van der Waals surface area contributed by atoms with Gasteiger partial charge in [-0.05, 0) is 37.3 Å². The molecule has 8 heteroatoms. The van der Waals surface area contributed by atoms with E-state index in [1.54, 1.807) is 11.6 Å². The minimum absolute atomic E-state index is 0.712. The van der Waals surface area contributed by atoms with Crippen LogP contribution in [0.2, 0.25) is 0 Å². The van der Waals surface area contributed by atoms with Gasteiger partial charge in [-0.25, -0.2) is 0 Å². The second kappa shape index (κ2) is 5.17. The van der Waals surface area contributed by atoms with Gasteiger partial charge < -0.3 is 4.74 Å². The molecule has 0 fully saturated rings. The summed E-state index contributed by atoms with van der Waals surface area (Å²) in [6, 6.07) is 9.70. The van der Waals surface area contributed by atoms with E-state index in [0.29, 0.717) is 5.82 Å². The quantitative estimate of drug-likeness (QED) is 0.579. The Hall–Kier alpha value is -2.74. The van der Waals surface area contributed by atoms with E-state index in [0.717, 1.165) is 32.7 Å². The Labute approximate surface area is 136 Å². The number of methoxy groups -OCH3 is 1. The number of ether oxygens (including phenoxy) is 1. The molecule has 0 aliphatic heterocycles. The Morgan fingerprint density at radius 1 is 1.09 bits per heavy atom. The fourth-order valence-corrected chi connectivity index (χ4v) is 3.34. The van der Waals surface area contributed by atoms with Gasteiger partial charge in [-0.2, -0.15) is 14.7 Å². The normalized spacial score (nSPS) is 11.3. The summed E-state index contributed by atoms with van der Waals surface area (Å²) >= 11 is 1.49. The molecule has 0 aliphatic carbocycles. The maximum Gasteiger partial charge on any atom is 0.235 e. The summed E-state index contributed by atoms with van der Waals surface area (Å²) in [6.07, 6.45) is 0. The summed E-state index contributed by atoms with van der Waals surface area (Å²) in [6.45, 7) is 1.96. The predicted molar refractivity (Wildman–Crippen MR) is 87.6 cm³/mol. The Bertz CT molecular complexity index is 981. The summed E-state index contributed by atoms with van der Waals surface area (Å²) in [4.78, 5) is 0.754. The second-order valence-corrected chi connectivity index (χ2v) is 6.10. The molecule has 4 aromatic rings. The van der Waals surface area contributed by atoms with Crippen molar-refractivity contribution >= 4 is 16.3 Å². The van der Waals surface area contributed by atoms with E-state index in [4.69, 9.17) is 4.74 Å². The van der Waals surface area contributed by atoms with Gasteiger partial charge in [0.25, 0.3) is 0 Å².